The minimum atomic E-state index is 0.622. The van der Waals surface area contributed by atoms with Gasteiger partial charge in [-0.15, -0.1) is 0 Å². The number of hydrogen-bond acceptors (Lipinski definition) is 2. The molecule has 0 aliphatic heterocycles. The van der Waals surface area contributed by atoms with E-state index >= 15 is 0 Å². The molecular weight excluding hydrogens is 190 g/mol. The van der Waals surface area contributed by atoms with Gasteiger partial charge in [0.1, 0.15) is 0 Å². The Bertz CT molecular complexity index is 366. The first-order chi connectivity index (χ1) is 6.59. The van der Waals surface area contributed by atoms with Crippen molar-refractivity contribution >= 4 is 22.4 Å². The van der Waals surface area contributed by atoms with Crippen LogP contribution in [0.4, 0.5) is 0 Å². The van der Waals surface area contributed by atoms with Gasteiger partial charge in [-0.25, -0.2) is 0 Å². The largest absolute Gasteiger partial charge is 0.298 e. The van der Waals surface area contributed by atoms with Crippen LogP contribution in [0.5, 0.6) is 0 Å². The quantitative estimate of drug-likeness (QED) is 0.570. The van der Waals surface area contributed by atoms with E-state index in [9.17, 15) is 0 Å². The van der Waals surface area contributed by atoms with Gasteiger partial charge in [-0.2, -0.15) is 0 Å². The van der Waals surface area contributed by atoms with Gasteiger partial charge < -0.3 is 0 Å². The van der Waals surface area contributed by atoms with Crippen LogP contribution in [0.2, 0.25) is 0 Å². The molecule has 0 amide bonds. The molecule has 1 N–H and O–H groups in total. The maximum absolute atomic E-state index is 7.31. The summed E-state index contributed by atoms with van der Waals surface area (Å²) in [5.41, 5.74) is 3.72. The Morgan fingerprint density at radius 2 is 2.07 bits per heavy atom. The number of aryl methyl sites for hydroxylation is 1. The fraction of sp³-hybridized carbons (Fsp3) is 0.250. The minimum absolute atomic E-state index is 0.622. The second kappa shape index (κ2) is 5.01. The van der Waals surface area contributed by atoms with Crippen molar-refractivity contribution in [1.82, 2.24) is 0 Å². The first-order valence-electron chi connectivity index (χ1n) is 4.55. The number of allylic oxidation sites excluding steroid dienone is 1. The van der Waals surface area contributed by atoms with Crippen molar-refractivity contribution in [3.63, 3.8) is 0 Å². The third-order valence-corrected chi connectivity index (χ3v) is 2.71. The van der Waals surface area contributed by atoms with Gasteiger partial charge in [0.25, 0.3) is 0 Å². The molecule has 0 spiro atoms. The smallest absolute Gasteiger partial charge is 0.0652 e. The predicted octanol–water partition coefficient (Wildman–Crippen LogP) is 4.09. The lowest BCUT2D eigenvalue weighted by atomic mass is 10.1. The minimum Gasteiger partial charge on any atom is -0.298 e. The summed E-state index contributed by atoms with van der Waals surface area (Å²) in [7, 11) is 0. The zero-order valence-corrected chi connectivity index (χ0v) is 9.61. The fourth-order valence-electron chi connectivity index (χ4n) is 1.14. The molecule has 0 saturated carbocycles. The van der Waals surface area contributed by atoms with E-state index in [1.807, 2.05) is 5.41 Å². The SMILES string of the molecule is CC(=N)S/C=C(\C)c1cccc(C)c1. The normalized spacial score (nSPS) is 11.5. The van der Waals surface area contributed by atoms with Crippen LogP contribution in [0, 0.1) is 12.3 Å². The predicted molar refractivity (Wildman–Crippen MR) is 65.8 cm³/mol. The lowest BCUT2D eigenvalue weighted by Crippen LogP contribution is -1.81. The van der Waals surface area contributed by atoms with Crippen LogP contribution in [0.1, 0.15) is 25.0 Å². The van der Waals surface area contributed by atoms with Crippen molar-refractivity contribution in [3.8, 4) is 0 Å². The summed E-state index contributed by atoms with van der Waals surface area (Å²) in [6.45, 7) is 5.96. The Morgan fingerprint density at radius 1 is 1.36 bits per heavy atom. The van der Waals surface area contributed by atoms with Gasteiger partial charge in [0.15, 0.2) is 0 Å². The Kier molecular flexibility index (Phi) is 3.96. The molecule has 0 atom stereocenters. The lowest BCUT2D eigenvalue weighted by Gasteiger charge is -2.02. The molecular formula is C12H15NS. The summed E-state index contributed by atoms with van der Waals surface area (Å²) >= 11 is 1.46. The summed E-state index contributed by atoms with van der Waals surface area (Å²) in [5, 5.41) is 9.96. The molecule has 74 valence electrons. The van der Waals surface area contributed by atoms with Crippen LogP contribution in [0.25, 0.3) is 5.57 Å². The zero-order chi connectivity index (χ0) is 10.6. The molecule has 1 rings (SSSR count). The van der Waals surface area contributed by atoms with Crippen molar-refractivity contribution in [2.24, 2.45) is 0 Å². The van der Waals surface area contributed by atoms with Crippen molar-refractivity contribution < 1.29 is 0 Å². The topological polar surface area (TPSA) is 23.9 Å². The summed E-state index contributed by atoms with van der Waals surface area (Å²) in [6, 6.07) is 8.40. The summed E-state index contributed by atoms with van der Waals surface area (Å²) in [4.78, 5) is 0. The Labute approximate surface area is 89.7 Å². The van der Waals surface area contributed by atoms with E-state index in [0.717, 1.165) is 0 Å². The van der Waals surface area contributed by atoms with Gasteiger partial charge in [-0.1, -0.05) is 41.6 Å². The molecule has 0 saturated heterocycles. The third kappa shape index (κ3) is 3.38. The first-order valence-corrected chi connectivity index (χ1v) is 5.43. The van der Waals surface area contributed by atoms with Crippen molar-refractivity contribution in [1.29, 1.82) is 5.41 Å². The van der Waals surface area contributed by atoms with E-state index in [0.29, 0.717) is 5.04 Å². The molecule has 14 heavy (non-hydrogen) atoms. The molecule has 1 aromatic rings. The van der Waals surface area contributed by atoms with Gasteiger partial charge in [-0.3, -0.25) is 5.41 Å². The van der Waals surface area contributed by atoms with Crippen molar-refractivity contribution in [2.75, 3.05) is 0 Å². The fourth-order valence-corrected chi connectivity index (χ4v) is 1.62. The number of benzene rings is 1. The maximum atomic E-state index is 7.31. The van der Waals surface area contributed by atoms with E-state index in [2.05, 4.69) is 38.1 Å². The van der Waals surface area contributed by atoms with Gasteiger partial charge in [0.2, 0.25) is 0 Å². The molecule has 1 aromatic carbocycles. The Hall–Kier alpha value is -1.02. The average Bonchev–Trinajstić information content (AvgIpc) is 2.14. The molecule has 1 nitrogen and oxygen atoms in total. The highest BCUT2D eigenvalue weighted by Crippen LogP contribution is 2.19. The molecule has 2 heteroatoms. The molecule has 0 unspecified atom stereocenters. The van der Waals surface area contributed by atoms with Crippen LogP contribution in [-0.2, 0) is 0 Å². The molecule has 0 heterocycles. The molecule has 0 aliphatic carbocycles. The third-order valence-electron chi connectivity index (χ3n) is 1.89. The van der Waals surface area contributed by atoms with Crippen molar-refractivity contribution in [2.45, 2.75) is 20.8 Å². The second-order valence-electron chi connectivity index (χ2n) is 3.34. The number of hydrogen-bond donors (Lipinski definition) is 1. The van der Waals surface area contributed by atoms with Crippen molar-refractivity contribution in [3.05, 3.63) is 40.8 Å². The van der Waals surface area contributed by atoms with Gasteiger partial charge in [0.05, 0.1) is 5.04 Å². The van der Waals surface area contributed by atoms with Gasteiger partial charge in [0, 0.05) is 0 Å². The van der Waals surface area contributed by atoms with Crippen LogP contribution < -0.4 is 0 Å². The Balaban J connectivity index is 2.83. The molecule has 0 aliphatic rings. The monoisotopic (exact) mass is 205 g/mol. The van der Waals surface area contributed by atoms with E-state index in [1.54, 1.807) is 6.92 Å². The number of nitrogens with one attached hydrogen (secondary N) is 1. The highest BCUT2D eigenvalue weighted by atomic mass is 32.2. The molecule has 0 radical (unpaired) electrons. The molecule has 0 bridgehead atoms. The van der Waals surface area contributed by atoms with E-state index in [4.69, 9.17) is 5.41 Å². The standard InChI is InChI=1S/C12H15NS/c1-9-5-4-6-12(7-9)10(2)8-14-11(3)13/h4-8,13H,1-3H3/b10-8+,13-11?. The lowest BCUT2D eigenvalue weighted by molar-refractivity contribution is 1.44. The highest BCUT2D eigenvalue weighted by molar-refractivity contribution is 8.16. The summed E-state index contributed by atoms with van der Waals surface area (Å²) < 4.78 is 0. The number of thioether (sulfide) groups is 1. The van der Waals surface area contributed by atoms with Crippen LogP contribution >= 0.6 is 11.8 Å². The highest BCUT2D eigenvalue weighted by Gasteiger charge is 1.95. The van der Waals surface area contributed by atoms with E-state index in [-0.39, 0.29) is 0 Å². The van der Waals surface area contributed by atoms with Gasteiger partial charge in [-0.05, 0) is 37.3 Å². The second-order valence-corrected chi connectivity index (χ2v) is 4.43. The average molecular weight is 205 g/mol. The van der Waals surface area contributed by atoms with E-state index < -0.39 is 0 Å². The molecule has 0 aromatic heterocycles. The maximum Gasteiger partial charge on any atom is 0.0652 e. The van der Waals surface area contributed by atoms with Crippen LogP contribution in [-0.4, -0.2) is 5.04 Å². The van der Waals surface area contributed by atoms with Crippen LogP contribution in [0.3, 0.4) is 0 Å². The van der Waals surface area contributed by atoms with E-state index in [1.165, 1.54) is 28.5 Å². The van der Waals surface area contributed by atoms with Crippen LogP contribution in [0.15, 0.2) is 29.7 Å². The summed E-state index contributed by atoms with van der Waals surface area (Å²) in [5.74, 6) is 0. The molecule has 0 fully saturated rings. The first kappa shape index (κ1) is 11.1. The zero-order valence-electron chi connectivity index (χ0n) is 8.79. The summed E-state index contributed by atoms with van der Waals surface area (Å²) in [6.07, 6.45) is 0. The Morgan fingerprint density at radius 3 is 2.64 bits per heavy atom. The van der Waals surface area contributed by atoms with Gasteiger partial charge >= 0.3 is 0 Å². The number of rotatable bonds is 2.